The van der Waals surface area contributed by atoms with Crippen molar-refractivity contribution >= 4 is 28.4 Å². The molecule has 0 aliphatic rings. The van der Waals surface area contributed by atoms with Crippen molar-refractivity contribution in [3.8, 4) is 34.3 Å². The molecule has 0 radical (unpaired) electrons. The molecule has 0 atom stereocenters. The van der Waals surface area contributed by atoms with Gasteiger partial charge in [-0.2, -0.15) is 0 Å². The van der Waals surface area contributed by atoms with Crippen LogP contribution in [0.3, 0.4) is 0 Å². The number of urea groups is 1. The molecule has 0 saturated carbocycles. The molecule has 210 valence electrons. The van der Waals surface area contributed by atoms with Crippen LogP contribution in [0.1, 0.15) is 26.6 Å². The summed E-state index contributed by atoms with van der Waals surface area (Å²) in [5.41, 5.74) is 2.77. The van der Waals surface area contributed by atoms with Crippen LogP contribution in [-0.2, 0) is 12.5 Å². The SMILES string of the molecule is COc1cc2nccc(Oc3ccc(NC(=O)Nc4c(-c5ccccc5)nc(C(C)(C)C)n4C)cc3)c2cc1OC. The van der Waals surface area contributed by atoms with Crippen molar-refractivity contribution in [3.63, 3.8) is 0 Å². The topological polar surface area (TPSA) is 99.5 Å². The average molecular weight is 552 g/mol. The number of aromatic nitrogens is 3. The normalized spacial score (nSPS) is 11.3. The van der Waals surface area contributed by atoms with Gasteiger partial charge in [-0.15, -0.1) is 0 Å². The highest BCUT2D eigenvalue weighted by molar-refractivity contribution is 6.01. The molecular weight excluding hydrogens is 518 g/mol. The smallest absolute Gasteiger partial charge is 0.324 e. The Morgan fingerprint density at radius 2 is 1.54 bits per heavy atom. The Kier molecular flexibility index (Phi) is 7.52. The zero-order chi connectivity index (χ0) is 29.1. The third-order valence-electron chi connectivity index (χ3n) is 6.59. The minimum Gasteiger partial charge on any atom is -0.493 e. The molecule has 9 heteroatoms. The monoisotopic (exact) mass is 551 g/mol. The number of nitrogens with zero attached hydrogens (tertiary/aromatic N) is 3. The number of hydrogen-bond acceptors (Lipinski definition) is 6. The van der Waals surface area contributed by atoms with E-state index in [1.165, 1.54) is 0 Å². The van der Waals surface area contributed by atoms with Crippen molar-refractivity contribution < 1.29 is 19.0 Å². The molecule has 2 N–H and O–H groups in total. The minimum absolute atomic E-state index is 0.206. The van der Waals surface area contributed by atoms with Crippen LogP contribution in [0.5, 0.6) is 23.0 Å². The number of carbonyl (C=O) groups is 1. The summed E-state index contributed by atoms with van der Waals surface area (Å²) < 4.78 is 18.9. The maximum Gasteiger partial charge on any atom is 0.324 e. The van der Waals surface area contributed by atoms with E-state index in [1.807, 2.05) is 54.1 Å². The Labute approximate surface area is 239 Å². The predicted molar refractivity (Wildman–Crippen MR) is 161 cm³/mol. The van der Waals surface area contributed by atoms with Gasteiger partial charge in [-0.05, 0) is 36.4 Å². The first-order chi connectivity index (χ1) is 19.7. The van der Waals surface area contributed by atoms with Gasteiger partial charge in [0.05, 0.1) is 19.7 Å². The fraction of sp³-hybridized carbons (Fsp3) is 0.219. The van der Waals surface area contributed by atoms with Crippen LogP contribution in [0.2, 0.25) is 0 Å². The number of amides is 2. The molecule has 0 unspecified atom stereocenters. The number of imidazole rings is 1. The number of hydrogen-bond donors (Lipinski definition) is 2. The van der Waals surface area contributed by atoms with Crippen molar-refractivity contribution in [2.24, 2.45) is 7.05 Å². The molecule has 3 aromatic carbocycles. The van der Waals surface area contributed by atoms with Crippen LogP contribution in [0.25, 0.3) is 22.2 Å². The van der Waals surface area contributed by atoms with Crippen molar-refractivity contribution in [2.75, 3.05) is 24.9 Å². The summed E-state index contributed by atoms with van der Waals surface area (Å²) in [6.45, 7) is 6.29. The van der Waals surface area contributed by atoms with Crippen molar-refractivity contribution in [3.05, 3.63) is 84.8 Å². The molecule has 2 heterocycles. The first-order valence-electron chi connectivity index (χ1n) is 13.2. The summed E-state index contributed by atoms with van der Waals surface area (Å²) in [5, 5.41) is 6.69. The zero-order valence-electron chi connectivity index (χ0n) is 24.0. The molecule has 0 fully saturated rings. The summed E-state index contributed by atoms with van der Waals surface area (Å²) in [5.74, 6) is 3.89. The number of rotatable bonds is 7. The number of nitrogens with one attached hydrogen (secondary N) is 2. The van der Waals surface area contributed by atoms with Crippen LogP contribution in [0, 0.1) is 0 Å². The lowest BCUT2D eigenvalue weighted by Gasteiger charge is -2.18. The fourth-order valence-electron chi connectivity index (χ4n) is 4.65. The summed E-state index contributed by atoms with van der Waals surface area (Å²) in [7, 11) is 5.08. The maximum atomic E-state index is 13.1. The fourth-order valence-corrected chi connectivity index (χ4v) is 4.65. The Balaban J connectivity index is 1.33. The largest absolute Gasteiger partial charge is 0.493 e. The van der Waals surface area contributed by atoms with Gasteiger partial charge >= 0.3 is 6.03 Å². The molecule has 2 amide bonds. The van der Waals surface area contributed by atoms with Gasteiger partial charge in [0.25, 0.3) is 0 Å². The number of ether oxygens (including phenoxy) is 3. The lowest BCUT2D eigenvalue weighted by atomic mass is 9.96. The maximum absolute atomic E-state index is 13.1. The van der Waals surface area contributed by atoms with Gasteiger partial charge in [0.2, 0.25) is 0 Å². The van der Waals surface area contributed by atoms with E-state index in [1.54, 1.807) is 50.7 Å². The van der Waals surface area contributed by atoms with E-state index >= 15 is 0 Å². The molecule has 9 nitrogen and oxygen atoms in total. The minimum atomic E-state index is -0.375. The molecule has 0 saturated heterocycles. The number of fused-ring (bicyclic) bond motifs is 1. The van der Waals surface area contributed by atoms with Gasteiger partial charge in [0, 0.05) is 41.4 Å². The van der Waals surface area contributed by atoms with Crippen molar-refractivity contribution in [1.82, 2.24) is 14.5 Å². The summed E-state index contributed by atoms with van der Waals surface area (Å²) in [6, 6.07) is 22.0. The molecule has 5 aromatic rings. The number of benzene rings is 3. The molecule has 0 aliphatic carbocycles. The summed E-state index contributed by atoms with van der Waals surface area (Å²) in [4.78, 5) is 22.4. The van der Waals surface area contributed by atoms with Crippen LogP contribution in [0.15, 0.2) is 79.0 Å². The zero-order valence-corrected chi connectivity index (χ0v) is 24.0. The van der Waals surface area contributed by atoms with Crippen LogP contribution >= 0.6 is 0 Å². The van der Waals surface area contributed by atoms with Crippen LogP contribution < -0.4 is 24.8 Å². The molecular formula is C32H33N5O4. The Bertz CT molecular complexity index is 1690. The van der Waals surface area contributed by atoms with Gasteiger partial charge < -0.3 is 24.1 Å². The van der Waals surface area contributed by atoms with E-state index in [0.717, 1.165) is 28.0 Å². The van der Waals surface area contributed by atoms with Gasteiger partial charge in [-0.25, -0.2) is 9.78 Å². The Hall–Kier alpha value is -5.05. The van der Waals surface area contributed by atoms with Crippen molar-refractivity contribution in [1.29, 1.82) is 0 Å². The van der Waals surface area contributed by atoms with Crippen LogP contribution in [-0.4, -0.2) is 34.8 Å². The molecule has 2 aromatic heterocycles. The van der Waals surface area contributed by atoms with E-state index < -0.39 is 0 Å². The summed E-state index contributed by atoms with van der Waals surface area (Å²) >= 11 is 0. The standard InChI is InChI=1S/C32H33N5O4/c1-32(2,3)30-35-28(20-10-8-7-9-11-20)29(37(30)4)36-31(38)34-21-12-14-22(15-13-21)41-25-16-17-33-24-19-27(40-6)26(39-5)18-23(24)25/h7-19H,1-6H3,(H2,34,36,38). The molecule has 5 rings (SSSR count). The summed E-state index contributed by atoms with van der Waals surface area (Å²) in [6.07, 6.45) is 1.68. The van der Waals surface area contributed by atoms with Gasteiger partial charge in [-0.3, -0.25) is 10.3 Å². The second-order valence-electron chi connectivity index (χ2n) is 10.5. The first-order valence-corrected chi connectivity index (χ1v) is 13.2. The Morgan fingerprint density at radius 1 is 0.854 bits per heavy atom. The second-order valence-corrected chi connectivity index (χ2v) is 10.5. The molecule has 0 aliphatic heterocycles. The third-order valence-corrected chi connectivity index (χ3v) is 6.59. The highest BCUT2D eigenvalue weighted by Crippen LogP contribution is 2.37. The van der Waals surface area contributed by atoms with E-state index in [9.17, 15) is 4.79 Å². The van der Waals surface area contributed by atoms with Gasteiger partial charge in [0.15, 0.2) is 11.5 Å². The number of anilines is 2. The van der Waals surface area contributed by atoms with Crippen LogP contribution in [0.4, 0.5) is 16.3 Å². The van der Waals surface area contributed by atoms with E-state index in [2.05, 4.69) is 36.4 Å². The number of pyridine rings is 1. The third kappa shape index (κ3) is 5.79. The lowest BCUT2D eigenvalue weighted by molar-refractivity contribution is 0.262. The quantitative estimate of drug-likeness (QED) is 0.219. The van der Waals surface area contributed by atoms with E-state index in [-0.39, 0.29) is 11.4 Å². The Morgan fingerprint density at radius 3 is 2.20 bits per heavy atom. The highest BCUT2D eigenvalue weighted by Gasteiger charge is 2.26. The van der Waals surface area contributed by atoms with Gasteiger partial charge in [-0.1, -0.05) is 51.1 Å². The van der Waals surface area contributed by atoms with E-state index in [0.29, 0.717) is 34.5 Å². The second kappa shape index (κ2) is 11.2. The lowest BCUT2D eigenvalue weighted by Crippen LogP contribution is -2.23. The molecule has 41 heavy (non-hydrogen) atoms. The molecule has 0 spiro atoms. The number of methoxy groups -OCH3 is 2. The average Bonchev–Trinajstić information content (AvgIpc) is 3.30. The predicted octanol–water partition coefficient (Wildman–Crippen LogP) is 7.39. The highest BCUT2D eigenvalue weighted by atomic mass is 16.5. The van der Waals surface area contributed by atoms with Gasteiger partial charge in [0.1, 0.15) is 28.8 Å². The van der Waals surface area contributed by atoms with E-state index in [4.69, 9.17) is 19.2 Å². The first kappa shape index (κ1) is 27.5. The number of carbonyl (C=O) groups excluding carboxylic acids is 1. The molecule has 0 bridgehead atoms. The van der Waals surface area contributed by atoms with Crippen molar-refractivity contribution in [2.45, 2.75) is 26.2 Å².